The highest BCUT2D eigenvalue weighted by atomic mass is 32.1. The molecule has 1 saturated carbocycles. The van der Waals surface area contributed by atoms with Crippen molar-refractivity contribution in [3.8, 4) is 0 Å². The molecule has 1 aliphatic carbocycles. The van der Waals surface area contributed by atoms with E-state index in [1.165, 1.54) is 19.3 Å². The van der Waals surface area contributed by atoms with Gasteiger partial charge in [-0.1, -0.05) is 38.4 Å². The zero-order valence-corrected chi connectivity index (χ0v) is 12.6. The molecule has 4 nitrogen and oxygen atoms in total. The van der Waals surface area contributed by atoms with Crippen molar-refractivity contribution in [3.63, 3.8) is 0 Å². The topological polar surface area (TPSA) is 58.4 Å². The van der Waals surface area contributed by atoms with Crippen LogP contribution in [0, 0.1) is 5.41 Å². The van der Waals surface area contributed by atoms with Gasteiger partial charge in [-0.25, -0.2) is 4.79 Å². The van der Waals surface area contributed by atoms with Gasteiger partial charge in [-0.05, 0) is 25.7 Å². The van der Waals surface area contributed by atoms with E-state index in [-0.39, 0.29) is 11.4 Å². The number of carbonyl (C=O) groups is 1. The van der Waals surface area contributed by atoms with Crippen LogP contribution in [-0.4, -0.2) is 35.1 Å². The Morgan fingerprint density at radius 3 is 2.37 bits per heavy atom. The fourth-order valence-corrected chi connectivity index (χ4v) is 3.17. The van der Waals surface area contributed by atoms with Crippen molar-refractivity contribution in [2.75, 3.05) is 13.1 Å². The Kier molecular flexibility index (Phi) is 4.66. The van der Waals surface area contributed by atoms with Gasteiger partial charge in [0, 0.05) is 24.5 Å². The van der Waals surface area contributed by atoms with Crippen molar-refractivity contribution in [2.45, 2.75) is 57.9 Å². The molecule has 0 aromatic rings. The molecule has 1 aliphatic heterocycles. The molecule has 108 valence electrons. The molecule has 2 rings (SSSR count). The standard InChI is InChI=1S/C14H25N3OS/c1-14(12(15)19)7-9-17(10-8-14)13(18)16-11-5-3-2-4-6-11/h11H,2-10H2,1H3,(H2,15,19)(H,16,18). The highest BCUT2D eigenvalue weighted by Crippen LogP contribution is 2.31. The van der Waals surface area contributed by atoms with Gasteiger partial charge in [0.2, 0.25) is 0 Å². The number of nitrogens with two attached hydrogens (primary N) is 1. The third kappa shape index (κ3) is 3.59. The summed E-state index contributed by atoms with van der Waals surface area (Å²) in [5.74, 6) is 0. The molecule has 0 bridgehead atoms. The van der Waals surface area contributed by atoms with Gasteiger partial charge in [-0.2, -0.15) is 0 Å². The smallest absolute Gasteiger partial charge is 0.317 e. The summed E-state index contributed by atoms with van der Waals surface area (Å²) in [4.78, 5) is 14.7. The third-order valence-electron chi connectivity index (χ3n) is 4.68. The van der Waals surface area contributed by atoms with Gasteiger partial charge in [-0.3, -0.25) is 0 Å². The lowest BCUT2D eigenvalue weighted by molar-refractivity contribution is 0.155. The Bertz CT molecular complexity index is 345. The van der Waals surface area contributed by atoms with E-state index in [4.69, 9.17) is 18.0 Å². The molecule has 1 heterocycles. The Labute approximate surface area is 121 Å². The van der Waals surface area contributed by atoms with Crippen molar-refractivity contribution in [2.24, 2.45) is 11.1 Å². The maximum Gasteiger partial charge on any atom is 0.317 e. The fraction of sp³-hybridized carbons (Fsp3) is 0.857. The molecule has 0 aromatic heterocycles. The molecule has 0 aromatic carbocycles. The largest absolute Gasteiger partial charge is 0.393 e. The molecular weight excluding hydrogens is 258 g/mol. The molecule has 2 fully saturated rings. The number of amides is 2. The number of hydrogen-bond donors (Lipinski definition) is 2. The number of likely N-dealkylation sites (tertiary alicyclic amines) is 1. The highest BCUT2D eigenvalue weighted by Gasteiger charge is 2.34. The summed E-state index contributed by atoms with van der Waals surface area (Å²) in [5, 5.41) is 3.17. The average Bonchev–Trinajstić information content (AvgIpc) is 2.40. The van der Waals surface area contributed by atoms with Crippen LogP contribution in [0.5, 0.6) is 0 Å². The Hall–Kier alpha value is -0.840. The number of carbonyl (C=O) groups excluding carboxylic acids is 1. The second kappa shape index (κ2) is 6.07. The summed E-state index contributed by atoms with van der Waals surface area (Å²) >= 11 is 5.12. The molecule has 5 heteroatoms. The van der Waals surface area contributed by atoms with E-state index in [2.05, 4.69) is 12.2 Å². The molecule has 0 spiro atoms. The lowest BCUT2D eigenvalue weighted by atomic mass is 9.80. The minimum Gasteiger partial charge on any atom is -0.393 e. The summed E-state index contributed by atoms with van der Waals surface area (Å²) < 4.78 is 0. The molecular formula is C14H25N3OS. The van der Waals surface area contributed by atoms with Crippen LogP contribution in [-0.2, 0) is 0 Å². The Morgan fingerprint density at radius 1 is 1.26 bits per heavy atom. The number of urea groups is 1. The summed E-state index contributed by atoms with van der Waals surface area (Å²) in [6.07, 6.45) is 7.80. The molecule has 0 radical (unpaired) electrons. The van der Waals surface area contributed by atoms with Crippen LogP contribution in [0.15, 0.2) is 0 Å². The molecule has 3 N–H and O–H groups in total. The molecule has 19 heavy (non-hydrogen) atoms. The zero-order valence-electron chi connectivity index (χ0n) is 11.8. The second-order valence-electron chi connectivity index (χ2n) is 6.20. The lowest BCUT2D eigenvalue weighted by Gasteiger charge is -2.39. The van der Waals surface area contributed by atoms with Gasteiger partial charge < -0.3 is 16.0 Å². The van der Waals surface area contributed by atoms with Crippen LogP contribution in [0.25, 0.3) is 0 Å². The number of thiocarbonyl (C=S) groups is 1. The monoisotopic (exact) mass is 283 g/mol. The summed E-state index contributed by atoms with van der Waals surface area (Å²) in [7, 11) is 0. The van der Waals surface area contributed by atoms with Crippen molar-refractivity contribution < 1.29 is 4.79 Å². The third-order valence-corrected chi connectivity index (χ3v) is 5.17. The Balaban J connectivity index is 1.80. The SMILES string of the molecule is CC1(C(N)=S)CCN(C(=O)NC2CCCCC2)CC1. The van der Waals surface area contributed by atoms with E-state index < -0.39 is 0 Å². The van der Waals surface area contributed by atoms with Crippen molar-refractivity contribution in [1.29, 1.82) is 0 Å². The first-order valence-corrected chi connectivity index (χ1v) is 7.77. The first-order chi connectivity index (χ1) is 9.01. The maximum atomic E-state index is 12.2. The Morgan fingerprint density at radius 2 is 1.84 bits per heavy atom. The van der Waals surface area contributed by atoms with Crippen molar-refractivity contribution in [1.82, 2.24) is 10.2 Å². The number of nitrogens with one attached hydrogen (secondary N) is 1. The van der Waals surface area contributed by atoms with Crippen LogP contribution in [0.1, 0.15) is 51.9 Å². The van der Waals surface area contributed by atoms with E-state index in [9.17, 15) is 4.79 Å². The molecule has 0 atom stereocenters. The number of piperidine rings is 1. The van der Waals surface area contributed by atoms with Gasteiger partial charge in [-0.15, -0.1) is 0 Å². The number of rotatable bonds is 2. The van der Waals surface area contributed by atoms with E-state index in [1.54, 1.807) is 0 Å². The number of nitrogens with zero attached hydrogens (tertiary/aromatic N) is 1. The van der Waals surface area contributed by atoms with Crippen LogP contribution in [0.3, 0.4) is 0 Å². The molecule has 2 aliphatic rings. The number of hydrogen-bond acceptors (Lipinski definition) is 2. The molecule has 2 amide bonds. The van der Waals surface area contributed by atoms with E-state index in [0.29, 0.717) is 11.0 Å². The maximum absolute atomic E-state index is 12.2. The van der Waals surface area contributed by atoms with Gasteiger partial charge >= 0.3 is 6.03 Å². The zero-order chi connectivity index (χ0) is 13.9. The lowest BCUT2D eigenvalue weighted by Crippen LogP contribution is -2.51. The summed E-state index contributed by atoms with van der Waals surface area (Å²) in [6.45, 7) is 3.62. The van der Waals surface area contributed by atoms with Gasteiger partial charge in [0.1, 0.15) is 0 Å². The van der Waals surface area contributed by atoms with E-state index in [0.717, 1.165) is 38.8 Å². The first kappa shape index (κ1) is 14.6. The highest BCUT2D eigenvalue weighted by molar-refractivity contribution is 7.80. The molecule has 1 saturated heterocycles. The van der Waals surface area contributed by atoms with Crippen LogP contribution in [0.2, 0.25) is 0 Å². The van der Waals surface area contributed by atoms with Gasteiger partial charge in [0.05, 0.1) is 4.99 Å². The first-order valence-electron chi connectivity index (χ1n) is 7.37. The normalized spacial score (nSPS) is 23.9. The fourth-order valence-electron chi connectivity index (χ4n) is 2.96. The minimum atomic E-state index is -0.0725. The van der Waals surface area contributed by atoms with Gasteiger partial charge in [0.15, 0.2) is 0 Å². The predicted molar refractivity (Wildman–Crippen MR) is 81.1 cm³/mol. The van der Waals surface area contributed by atoms with Crippen LogP contribution < -0.4 is 11.1 Å². The predicted octanol–water partition coefficient (Wildman–Crippen LogP) is 2.42. The average molecular weight is 283 g/mol. The van der Waals surface area contributed by atoms with E-state index in [1.807, 2.05) is 4.90 Å². The van der Waals surface area contributed by atoms with Crippen molar-refractivity contribution >= 4 is 23.2 Å². The minimum absolute atomic E-state index is 0.0725. The molecule has 0 unspecified atom stereocenters. The van der Waals surface area contributed by atoms with Crippen LogP contribution in [0.4, 0.5) is 4.79 Å². The van der Waals surface area contributed by atoms with Gasteiger partial charge in [0.25, 0.3) is 0 Å². The summed E-state index contributed by atoms with van der Waals surface area (Å²) in [5.41, 5.74) is 5.71. The van der Waals surface area contributed by atoms with Crippen molar-refractivity contribution in [3.05, 3.63) is 0 Å². The summed E-state index contributed by atoms with van der Waals surface area (Å²) in [6, 6.07) is 0.474. The van der Waals surface area contributed by atoms with E-state index >= 15 is 0 Å². The second-order valence-corrected chi connectivity index (χ2v) is 6.64. The quantitative estimate of drug-likeness (QED) is 0.765. The van der Waals surface area contributed by atoms with Crippen LogP contribution >= 0.6 is 12.2 Å².